The molecule has 0 bridgehead atoms. The third-order valence-corrected chi connectivity index (χ3v) is 8.73. The number of rotatable bonds is 2. The Bertz CT molecular complexity index is 448. The van der Waals surface area contributed by atoms with E-state index in [9.17, 15) is 0 Å². The normalized spacial score (nSPS) is 34.6. The smallest absolute Gasteiger partial charge is 1.00 e. The van der Waals surface area contributed by atoms with Gasteiger partial charge < -0.3 is 24.8 Å². The zero-order chi connectivity index (χ0) is 11.9. The molecule has 3 aliphatic rings. The Labute approximate surface area is 140 Å². The van der Waals surface area contributed by atoms with Crippen molar-refractivity contribution in [3.05, 3.63) is 45.3 Å². The summed E-state index contributed by atoms with van der Waals surface area (Å²) in [6.07, 6.45) is 18.1. The second-order valence-corrected chi connectivity index (χ2v) is 10.8. The van der Waals surface area contributed by atoms with Gasteiger partial charge >= 0.3 is 117 Å². The van der Waals surface area contributed by atoms with Crippen molar-refractivity contribution in [3.8, 4) is 0 Å². The van der Waals surface area contributed by atoms with Gasteiger partial charge in [0.05, 0.1) is 0 Å². The van der Waals surface area contributed by atoms with Crippen molar-refractivity contribution in [1.82, 2.24) is 0 Å². The van der Waals surface area contributed by atoms with Crippen LogP contribution in [0.2, 0.25) is 3.12 Å². The predicted molar refractivity (Wildman–Crippen MR) is 69.3 cm³/mol. The Kier molecular flexibility index (Phi) is 6.37. The molecule has 0 amide bonds. The van der Waals surface area contributed by atoms with Crippen molar-refractivity contribution in [2.45, 2.75) is 36.2 Å². The summed E-state index contributed by atoms with van der Waals surface area (Å²) in [6, 6.07) is 0. The molecule has 0 N–H and O–H groups in total. The fourth-order valence-corrected chi connectivity index (χ4v) is 8.48. The molecule has 3 atom stereocenters. The fraction of sp³-hybridized carbons (Fsp3) is 0.500. The van der Waals surface area contributed by atoms with Crippen LogP contribution in [-0.2, 0) is 23.2 Å². The first-order valence-corrected chi connectivity index (χ1v) is 9.16. The van der Waals surface area contributed by atoms with Crippen LogP contribution in [0.25, 0.3) is 0 Å². The molecule has 0 spiro atoms. The summed E-state index contributed by atoms with van der Waals surface area (Å²) >= 11 is -0.446. The number of fused-ring (bicyclic) bond motifs is 1. The van der Waals surface area contributed by atoms with Gasteiger partial charge in [-0.2, -0.15) is 0 Å². The molecule has 3 unspecified atom stereocenters. The molecule has 1 saturated carbocycles. The molecule has 1 fully saturated rings. The van der Waals surface area contributed by atoms with E-state index >= 15 is 0 Å². The van der Waals surface area contributed by atoms with Gasteiger partial charge in [0.25, 0.3) is 0 Å². The molecule has 0 nitrogen and oxygen atoms in total. The third kappa shape index (κ3) is 3.37. The van der Waals surface area contributed by atoms with Crippen LogP contribution in [-0.4, -0.2) is 0 Å². The number of hydrogen-bond acceptors (Lipinski definition) is 0. The van der Waals surface area contributed by atoms with Crippen LogP contribution in [0.3, 0.4) is 0 Å². The first-order chi connectivity index (χ1) is 8.19. The average molecular weight is 374 g/mol. The molecule has 0 radical (unpaired) electrons. The molecule has 3 heteroatoms. The standard InChI is InChI=1S/C11H15.C5H5.2ClH.Zr/c1-8-7-9(2)11-6-4-3-5-10(8)11;1-2-4-5-3-1;;;/h3-5,9,11H,6-7H2,1-2H3;1-3H,4H2;2*1H;/q;;;;+2/p-2. The molecule has 0 saturated heterocycles. The number of halogens is 2. The van der Waals surface area contributed by atoms with Crippen LogP contribution >= 0.6 is 0 Å². The van der Waals surface area contributed by atoms with E-state index in [0.717, 1.165) is 11.8 Å². The quantitative estimate of drug-likeness (QED) is 0.560. The minimum absolute atomic E-state index is 0. The molecule has 0 aromatic carbocycles. The van der Waals surface area contributed by atoms with Gasteiger partial charge in [-0.15, -0.1) is 0 Å². The van der Waals surface area contributed by atoms with Crippen LogP contribution in [0.5, 0.6) is 0 Å². The number of allylic oxidation sites excluding steroid dienone is 8. The van der Waals surface area contributed by atoms with Crippen molar-refractivity contribution in [3.63, 3.8) is 0 Å². The first-order valence-electron chi connectivity index (χ1n) is 6.70. The molecule has 0 aliphatic heterocycles. The van der Waals surface area contributed by atoms with Gasteiger partial charge in [-0.1, -0.05) is 0 Å². The average Bonchev–Trinajstić information content (AvgIpc) is 2.89. The van der Waals surface area contributed by atoms with E-state index in [1.807, 2.05) is 0 Å². The van der Waals surface area contributed by atoms with Gasteiger partial charge in [-0.3, -0.25) is 0 Å². The summed E-state index contributed by atoms with van der Waals surface area (Å²) in [4.78, 5) is 0. The first kappa shape index (κ1) is 17.5. The fourth-order valence-electron chi connectivity index (χ4n) is 3.70. The van der Waals surface area contributed by atoms with Crippen LogP contribution in [0.1, 0.15) is 33.1 Å². The van der Waals surface area contributed by atoms with E-state index in [-0.39, 0.29) is 24.8 Å². The van der Waals surface area contributed by atoms with Crippen molar-refractivity contribution < 1.29 is 48.0 Å². The second-order valence-electron chi connectivity index (χ2n) is 5.86. The summed E-state index contributed by atoms with van der Waals surface area (Å²) < 4.78 is 2.38. The van der Waals surface area contributed by atoms with E-state index in [2.05, 4.69) is 50.3 Å². The Morgan fingerprint density at radius 3 is 2.58 bits per heavy atom. The van der Waals surface area contributed by atoms with Crippen LogP contribution in [0, 0.1) is 11.8 Å². The molecular formula is C16H20Cl2Zr. The zero-order valence-corrected chi connectivity index (χ0v) is 15.5. The molecule has 19 heavy (non-hydrogen) atoms. The summed E-state index contributed by atoms with van der Waals surface area (Å²) in [5.41, 5.74) is 1.80. The minimum Gasteiger partial charge on any atom is -1.00 e. The molecule has 0 aromatic rings. The van der Waals surface area contributed by atoms with Gasteiger partial charge in [-0.25, -0.2) is 0 Å². The maximum absolute atomic E-state index is 2.56. The third-order valence-electron chi connectivity index (χ3n) is 4.46. The van der Waals surface area contributed by atoms with Gasteiger partial charge in [0.15, 0.2) is 0 Å². The summed E-state index contributed by atoms with van der Waals surface area (Å²) in [5, 5.41) is 0. The van der Waals surface area contributed by atoms with Crippen LogP contribution in [0.15, 0.2) is 45.3 Å². The van der Waals surface area contributed by atoms with Gasteiger partial charge in [-0.05, 0) is 0 Å². The summed E-state index contributed by atoms with van der Waals surface area (Å²) in [7, 11) is 0. The molecule has 102 valence electrons. The van der Waals surface area contributed by atoms with Crippen LogP contribution < -0.4 is 24.8 Å². The summed E-state index contributed by atoms with van der Waals surface area (Å²) in [6.45, 7) is 5.02. The van der Waals surface area contributed by atoms with Crippen molar-refractivity contribution in [1.29, 1.82) is 0 Å². The van der Waals surface area contributed by atoms with Gasteiger partial charge in [0.1, 0.15) is 0 Å². The Hall–Kier alpha value is 0.423. The summed E-state index contributed by atoms with van der Waals surface area (Å²) in [5.74, 6) is 1.76. The van der Waals surface area contributed by atoms with E-state index in [4.69, 9.17) is 0 Å². The minimum atomic E-state index is -0.446. The molecular weight excluding hydrogens is 354 g/mol. The topological polar surface area (TPSA) is 0 Å². The molecule has 3 aliphatic carbocycles. The van der Waals surface area contributed by atoms with Crippen molar-refractivity contribution in [2.24, 2.45) is 11.8 Å². The van der Waals surface area contributed by atoms with E-state index in [0.29, 0.717) is 3.12 Å². The zero-order valence-electron chi connectivity index (χ0n) is 11.5. The Morgan fingerprint density at radius 2 is 1.89 bits per heavy atom. The van der Waals surface area contributed by atoms with E-state index < -0.39 is 23.2 Å². The van der Waals surface area contributed by atoms with Gasteiger partial charge in [0.2, 0.25) is 0 Å². The Balaban J connectivity index is 0.000000902. The molecule has 3 rings (SSSR count). The van der Waals surface area contributed by atoms with Crippen molar-refractivity contribution >= 4 is 0 Å². The SMILES string of the molecule is CC1C[C](C)([Zr+2][C]2=CC=CC2)C2=CC=CCC21.[Cl-].[Cl-]. The van der Waals surface area contributed by atoms with E-state index in [1.54, 1.807) is 8.85 Å². The maximum atomic E-state index is 2.56. The largest absolute Gasteiger partial charge is 1.00 e. The molecule has 0 heterocycles. The number of hydrogen-bond donors (Lipinski definition) is 0. The Morgan fingerprint density at radius 1 is 1.16 bits per heavy atom. The monoisotopic (exact) mass is 372 g/mol. The predicted octanol–water partition coefficient (Wildman–Crippen LogP) is -1.36. The van der Waals surface area contributed by atoms with E-state index in [1.165, 1.54) is 19.3 Å². The van der Waals surface area contributed by atoms with Gasteiger partial charge in [0, 0.05) is 0 Å². The van der Waals surface area contributed by atoms with Crippen LogP contribution in [0.4, 0.5) is 0 Å². The maximum Gasteiger partial charge on any atom is -1.00 e. The molecule has 0 aromatic heterocycles. The van der Waals surface area contributed by atoms with Crippen molar-refractivity contribution in [2.75, 3.05) is 0 Å². The second kappa shape index (κ2) is 6.92.